The highest BCUT2D eigenvalue weighted by atomic mass is 16.6. The first kappa shape index (κ1) is 22.5. The smallest absolute Gasteiger partial charge is 0.118 e. The van der Waals surface area contributed by atoms with Crippen LogP contribution in [0, 0.1) is 34.5 Å². The number of fused-ring (bicyclic) bond motifs is 5. The summed E-state index contributed by atoms with van der Waals surface area (Å²) < 4.78 is 0. The highest BCUT2D eigenvalue weighted by Gasteiger charge is 2.66. The molecule has 8 atom stereocenters. The van der Waals surface area contributed by atoms with Gasteiger partial charge in [0.2, 0.25) is 0 Å². The highest BCUT2D eigenvalue weighted by molar-refractivity contribution is 5.63. The van der Waals surface area contributed by atoms with Crippen molar-refractivity contribution in [2.75, 3.05) is 27.2 Å². The number of aliphatic hydroxyl groups excluding tert-OH is 1. The van der Waals surface area contributed by atoms with Gasteiger partial charge in [0.25, 0.3) is 0 Å². The molecule has 4 aliphatic carbocycles. The van der Waals surface area contributed by atoms with Crippen molar-refractivity contribution in [1.82, 2.24) is 4.90 Å². The van der Waals surface area contributed by atoms with Gasteiger partial charge in [-0.15, -0.1) is 0 Å². The van der Waals surface area contributed by atoms with E-state index < -0.39 is 5.60 Å². The van der Waals surface area contributed by atoms with Crippen molar-refractivity contribution in [3.63, 3.8) is 0 Å². The van der Waals surface area contributed by atoms with E-state index in [1.54, 1.807) is 0 Å². The lowest BCUT2D eigenvalue weighted by Crippen LogP contribution is -2.62. The van der Waals surface area contributed by atoms with E-state index in [1.807, 2.05) is 6.21 Å². The van der Waals surface area contributed by atoms with Crippen molar-refractivity contribution in [3.05, 3.63) is 0 Å². The standard InChI is InChI=1S/C25H44N2O3/c1-23-11-9-20(28)16-18(23)6-7-22-21(23)10-12-24(2)19(8-13-25(22,24)29)17-26-30-15-5-14-27(3)4/h17-22,28-29H,5-16H2,1-4H3/t18-,19-,20+,21+,22-,23+,24-,25+/m1/s1. The number of aliphatic hydroxyl groups is 2. The summed E-state index contributed by atoms with van der Waals surface area (Å²) in [7, 11) is 4.15. The van der Waals surface area contributed by atoms with E-state index >= 15 is 0 Å². The lowest BCUT2D eigenvalue weighted by molar-refractivity contribution is -0.206. The SMILES string of the molecule is CN(C)CCCON=C[C@H]1CC[C@]2(O)[C@@H]3CC[C@@H]4C[C@@H](O)CC[C@]4(C)[C@H]3CC[C@]12C. The predicted molar refractivity (Wildman–Crippen MR) is 120 cm³/mol. The van der Waals surface area contributed by atoms with Crippen molar-refractivity contribution < 1.29 is 15.1 Å². The Labute approximate surface area is 183 Å². The molecule has 0 radical (unpaired) electrons. The first-order valence-corrected chi connectivity index (χ1v) is 12.4. The molecule has 0 amide bonds. The third-order valence-corrected chi connectivity index (χ3v) is 10.1. The number of rotatable bonds is 6. The normalized spacial score (nSPS) is 48.4. The minimum atomic E-state index is -0.582. The second-order valence-corrected chi connectivity index (χ2v) is 11.7. The Morgan fingerprint density at radius 1 is 1.03 bits per heavy atom. The first-order valence-electron chi connectivity index (χ1n) is 12.4. The van der Waals surface area contributed by atoms with Crippen LogP contribution < -0.4 is 0 Å². The van der Waals surface area contributed by atoms with Crippen LogP contribution in [0.5, 0.6) is 0 Å². The fraction of sp³-hybridized carbons (Fsp3) is 0.960. The zero-order valence-corrected chi connectivity index (χ0v) is 19.6. The van der Waals surface area contributed by atoms with Crippen LogP contribution in [-0.2, 0) is 4.84 Å². The van der Waals surface area contributed by atoms with E-state index in [4.69, 9.17) is 4.84 Å². The summed E-state index contributed by atoms with van der Waals surface area (Å²) in [5.41, 5.74) is -0.384. The molecule has 0 unspecified atom stereocenters. The molecule has 172 valence electrons. The minimum Gasteiger partial charge on any atom is -0.396 e. The van der Waals surface area contributed by atoms with Crippen LogP contribution >= 0.6 is 0 Å². The summed E-state index contributed by atoms with van der Waals surface area (Å²) in [6.45, 7) is 6.45. The van der Waals surface area contributed by atoms with Crippen LogP contribution in [0.3, 0.4) is 0 Å². The first-order chi connectivity index (χ1) is 14.2. The average Bonchev–Trinajstić information content (AvgIpc) is 2.96. The molecule has 4 aliphatic rings. The molecule has 0 bridgehead atoms. The maximum absolute atomic E-state index is 12.1. The summed E-state index contributed by atoms with van der Waals surface area (Å²) in [6, 6.07) is 0. The zero-order chi connectivity index (χ0) is 21.6. The van der Waals surface area contributed by atoms with Crippen LogP contribution in [0.2, 0.25) is 0 Å². The van der Waals surface area contributed by atoms with Gasteiger partial charge < -0.3 is 20.0 Å². The summed E-state index contributed by atoms with van der Waals surface area (Å²) in [4.78, 5) is 7.70. The Bertz CT molecular complexity index is 640. The van der Waals surface area contributed by atoms with E-state index in [2.05, 4.69) is 38.0 Å². The third-order valence-electron chi connectivity index (χ3n) is 10.1. The van der Waals surface area contributed by atoms with Gasteiger partial charge in [0.1, 0.15) is 6.61 Å². The Morgan fingerprint density at radius 3 is 2.60 bits per heavy atom. The average molecular weight is 421 g/mol. The molecule has 0 aromatic carbocycles. The molecule has 0 aromatic heterocycles. The lowest BCUT2D eigenvalue weighted by atomic mass is 9.43. The van der Waals surface area contributed by atoms with E-state index in [9.17, 15) is 10.2 Å². The molecule has 5 nitrogen and oxygen atoms in total. The molecule has 4 fully saturated rings. The van der Waals surface area contributed by atoms with Crippen LogP contribution in [0.4, 0.5) is 0 Å². The van der Waals surface area contributed by atoms with E-state index in [0.717, 1.165) is 57.9 Å². The number of nitrogens with zero attached hydrogens (tertiary/aromatic N) is 2. The second kappa shape index (κ2) is 8.37. The topological polar surface area (TPSA) is 65.3 Å². The van der Waals surface area contributed by atoms with Gasteiger partial charge in [-0.2, -0.15) is 0 Å². The van der Waals surface area contributed by atoms with Crippen molar-refractivity contribution in [2.45, 2.75) is 89.8 Å². The molecule has 4 rings (SSSR count). The summed E-state index contributed by atoms with van der Waals surface area (Å²) in [5, 5.41) is 26.7. The maximum atomic E-state index is 12.1. The van der Waals surface area contributed by atoms with Crippen molar-refractivity contribution >= 4 is 6.21 Å². The molecule has 0 heterocycles. The van der Waals surface area contributed by atoms with E-state index in [-0.39, 0.29) is 11.5 Å². The molecule has 0 saturated heterocycles. The van der Waals surface area contributed by atoms with Crippen LogP contribution in [0.15, 0.2) is 5.16 Å². The quantitative estimate of drug-likeness (QED) is 0.386. The van der Waals surface area contributed by atoms with Gasteiger partial charge in [-0.05, 0) is 101 Å². The zero-order valence-electron chi connectivity index (χ0n) is 19.6. The molecular weight excluding hydrogens is 376 g/mol. The van der Waals surface area contributed by atoms with Crippen LogP contribution in [-0.4, -0.2) is 60.3 Å². The minimum absolute atomic E-state index is 0.0952. The Morgan fingerprint density at radius 2 is 1.83 bits per heavy atom. The van der Waals surface area contributed by atoms with Gasteiger partial charge >= 0.3 is 0 Å². The molecule has 5 heteroatoms. The van der Waals surface area contributed by atoms with Gasteiger partial charge in [0.15, 0.2) is 0 Å². The highest BCUT2D eigenvalue weighted by Crippen LogP contribution is 2.68. The van der Waals surface area contributed by atoms with Gasteiger partial charge in [-0.3, -0.25) is 0 Å². The van der Waals surface area contributed by atoms with E-state index in [1.165, 1.54) is 12.8 Å². The number of hydrogen-bond donors (Lipinski definition) is 2. The Hall–Kier alpha value is -0.650. The molecule has 0 aromatic rings. The van der Waals surface area contributed by atoms with Crippen molar-refractivity contribution in [1.29, 1.82) is 0 Å². The monoisotopic (exact) mass is 420 g/mol. The van der Waals surface area contributed by atoms with Gasteiger partial charge in [0, 0.05) is 24.1 Å². The summed E-state index contributed by atoms with van der Waals surface area (Å²) >= 11 is 0. The van der Waals surface area contributed by atoms with Crippen molar-refractivity contribution in [2.24, 2.45) is 39.7 Å². The van der Waals surface area contributed by atoms with Gasteiger partial charge in [-0.25, -0.2) is 0 Å². The fourth-order valence-corrected chi connectivity index (χ4v) is 8.10. The second-order valence-electron chi connectivity index (χ2n) is 11.7. The van der Waals surface area contributed by atoms with Crippen LogP contribution in [0.25, 0.3) is 0 Å². The molecule has 4 saturated carbocycles. The third kappa shape index (κ3) is 3.63. The largest absolute Gasteiger partial charge is 0.396 e. The summed E-state index contributed by atoms with van der Waals surface area (Å²) in [6.07, 6.45) is 12.4. The molecule has 0 spiro atoms. The fourth-order valence-electron chi connectivity index (χ4n) is 8.10. The molecular formula is C25H44N2O3. The van der Waals surface area contributed by atoms with Gasteiger partial charge in [-0.1, -0.05) is 19.0 Å². The maximum Gasteiger partial charge on any atom is 0.118 e. The predicted octanol–water partition coefficient (Wildman–Crippen LogP) is 4.08. The Balaban J connectivity index is 1.44. The van der Waals surface area contributed by atoms with E-state index in [0.29, 0.717) is 35.7 Å². The van der Waals surface area contributed by atoms with Crippen molar-refractivity contribution in [3.8, 4) is 0 Å². The molecule has 30 heavy (non-hydrogen) atoms. The summed E-state index contributed by atoms with van der Waals surface area (Å²) in [5.74, 6) is 1.92. The molecule has 0 aliphatic heterocycles. The lowest BCUT2D eigenvalue weighted by Gasteiger charge is -2.63. The number of oxime groups is 1. The Kier molecular flexibility index (Phi) is 6.29. The molecule has 2 N–H and O–H groups in total. The van der Waals surface area contributed by atoms with Crippen LogP contribution in [0.1, 0.15) is 78.1 Å². The van der Waals surface area contributed by atoms with Gasteiger partial charge in [0.05, 0.1) is 11.7 Å². The number of hydrogen-bond acceptors (Lipinski definition) is 5.